The fraction of sp³-hybridized carbons (Fsp3) is 0.333. The Bertz CT molecular complexity index is 1180. The predicted molar refractivity (Wildman–Crippen MR) is 117 cm³/mol. The van der Waals surface area contributed by atoms with Crippen molar-refractivity contribution in [3.8, 4) is 5.75 Å². The van der Waals surface area contributed by atoms with Crippen LogP contribution in [-0.4, -0.2) is 43.7 Å². The maximum absolute atomic E-state index is 13.5. The van der Waals surface area contributed by atoms with Crippen LogP contribution in [0.15, 0.2) is 35.2 Å². The van der Waals surface area contributed by atoms with E-state index in [0.717, 1.165) is 5.56 Å². The Morgan fingerprint density at radius 3 is 2.74 bits per heavy atom. The van der Waals surface area contributed by atoms with E-state index < -0.39 is 16.1 Å². The van der Waals surface area contributed by atoms with Crippen LogP contribution in [0.25, 0.3) is 0 Å². The number of carbonyl (C=O) groups excluding carboxylic acids is 2. The molecule has 1 atom stereocenters. The summed E-state index contributed by atoms with van der Waals surface area (Å²) in [7, 11) is -3.96. The summed E-state index contributed by atoms with van der Waals surface area (Å²) in [5.41, 5.74) is 2.27. The number of fused-ring (bicyclic) bond motifs is 1. The number of halogens is 1. The maximum atomic E-state index is 13.5. The first-order chi connectivity index (χ1) is 14.7. The van der Waals surface area contributed by atoms with Crippen molar-refractivity contribution < 1.29 is 22.7 Å². The molecule has 4 rings (SSSR count). The molecule has 2 aliphatic rings. The summed E-state index contributed by atoms with van der Waals surface area (Å²) in [5, 5.41) is 6.05. The molecule has 10 heteroatoms. The summed E-state index contributed by atoms with van der Waals surface area (Å²) in [4.78, 5) is 24.6. The first-order valence-corrected chi connectivity index (χ1v) is 11.6. The molecule has 31 heavy (non-hydrogen) atoms. The van der Waals surface area contributed by atoms with Gasteiger partial charge >= 0.3 is 0 Å². The van der Waals surface area contributed by atoms with E-state index in [-0.39, 0.29) is 29.9 Å². The van der Waals surface area contributed by atoms with Crippen molar-refractivity contribution in [2.45, 2.75) is 37.6 Å². The van der Waals surface area contributed by atoms with Crippen molar-refractivity contribution in [1.82, 2.24) is 4.31 Å². The van der Waals surface area contributed by atoms with Crippen LogP contribution in [0.5, 0.6) is 5.75 Å². The van der Waals surface area contributed by atoms with E-state index in [9.17, 15) is 18.0 Å². The Hall–Kier alpha value is -2.62. The third-order valence-electron chi connectivity index (χ3n) is 5.45. The molecule has 2 heterocycles. The fourth-order valence-corrected chi connectivity index (χ4v) is 6.00. The van der Waals surface area contributed by atoms with Crippen LogP contribution in [0.2, 0.25) is 5.02 Å². The zero-order chi connectivity index (χ0) is 22.3. The second kappa shape index (κ2) is 8.14. The van der Waals surface area contributed by atoms with Gasteiger partial charge in [0, 0.05) is 23.3 Å². The minimum absolute atomic E-state index is 0.0600. The lowest BCUT2D eigenvalue weighted by atomic mass is 10.1. The summed E-state index contributed by atoms with van der Waals surface area (Å²) in [6, 6.07) is 7.26. The molecule has 0 radical (unpaired) electrons. The zero-order valence-corrected chi connectivity index (χ0v) is 18.6. The minimum Gasteiger partial charge on any atom is -0.482 e. The Kier molecular flexibility index (Phi) is 5.67. The second-order valence-electron chi connectivity index (χ2n) is 7.67. The van der Waals surface area contributed by atoms with Crippen LogP contribution < -0.4 is 15.4 Å². The number of sulfonamides is 1. The topological polar surface area (TPSA) is 105 Å². The molecule has 2 aromatic carbocycles. The number of nitrogens with one attached hydrogen (secondary N) is 2. The SMILES string of the molecule is Cc1cc(Cl)ccc1NC(=O)[C@H]1CCCN1S(=O)(=O)c1cc2c(cc1C)NC(=O)CO2. The molecule has 8 nitrogen and oxygen atoms in total. The number of aryl methyl sites for hydroxylation is 2. The van der Waals surface area contributed by atoms with Gasteiger partial charge in [-0.3, -0.25) is 9.59 Å². The van der Waals surface area contributed by atoms with E-state index in [1.165, 1.54) is 10.4 Å². The zero-order valence-electron chi connectivity index (χ0n) is 17.1. The van der Waals surface area contributed by atoms with Crippen LogP contribution in [0.1, 0.15) is 24.0 Å². The van der Waals surface area contributed by atoms with Gasteiger partial charge in [-0.1, -0.05) is 11.6 Å². The number of carbonyl (C=O) groups is 2. The number of ether oxygens (including phenoxy) is 1. The molecule has 2 N–H and O–H groups in total. The number of hydrogen-bond acceptors (Lipinski definition) is 5. The van der Waals surface area contributed by atoms with Crippen molar-refractivity contribution in [2.24, 2.45) is 0 Å². The quantitative estimate of drug-likeness (QED) is 0.725. The molecule has 0 saturated carbocycles. The molecular formula is C21H22ClN3O5S. The van der Waals surface area contributed by atoms with Crippen LogP contribution in [0, 0.1) is 13.8 Å². The summed E-state index contributed by atoms with van der Waals surface area (Å²) in [5.74, 6) is -0.386. The molecule has 1 fully saturated rings. The molecule has 0 bridgehead atoms. The Morgan fingerprint density at radius 2 is 2.00 bits per heavy atom. The largest absolute Gasteiger partial charge is 0.482 e. The molecule has 1 saturated heterocycles. The van der Waals surface area contributed by atoms with Gasteiger partial charge in [0.15, 0.2) is 6.61 Å². The molecule has 164 valence electrons. The maximum Gasteiger partial charge on any atom is 0.262 e. The van der Waals surface area contributed by atoms with Gasteiger partial charge < -0.3 is 15.4 Å². The van der Waals surface area contributed by atoms with Crippen molar-refractivity contribution in [1.29, 1.82) is 0 Å². The van der Waals surface area contributed by atoms with Crippen molar-refractivity contribution in [2.75, 3.05) is 23.8 Å². The fourth-order valence-electron chi connectivity index (χ4n) is 3.89. The van der Waals surface area contributed by atoms with Crippen molar-refractivity contribution in [3.05, 3.63) is 46.5 Å². The van der Waals surface area contributed by atoms with Gasteiger partial charge in [-0.2, -0.15) is 4.31 Å². The highest BCUT2D eigenvalue weighted by molar-refractivity contribution is 7.89. The van der Waals surface area contributed by atoms with Gasteiger partial charge in [-0.25, -0.2) is 8.42 Å². The van der Waals surface area contributed by atoms with Gasteiger partial charge in [-0.05, 0) is 62.1 Å². The summed E-state index contributed by atoms with van der Waals surface area (Å²) in [6.07, 6.45) is 1.00. The number of rotatable bonds is 4. The van der Waals surface area contributed by atoms with Gasteiger partial charge in [0.05, 0.1) is 10.6 Å². The Balaban J connectivity index is 1.62. The van der Waals surface area contributed by atoms with E-state index in [1.807, 2.05) is 6.92 Å². The number of amides is 2. The van der Waals surface area contributed by atoms with Gasteiger partial charge in [0.1, 0.15) is 11.8 Å². The molecule has 2 aromatic rings. The lowest BCUT2D eigenvalue weighted by molar-refractivity contribution is -0.119. The highest BCUT2D eigenvalue weighted by atomic mass is 35.5. The number of benzene rings is 2. The number of hydrogen-bond donors (Lipinski definition) is 2. The van der Waals surface area contributed by atoms with Crippen LogP contribution >= 0.6 is 11.6 Å². The first kappa shape index (κ1) is 21.6. The van der Waals surface area contributed by atoms with Gasteiger partial charge in [0.2, 0.25) is 15.9 Å². The van der Waals surface area contributed by atoms with E-state index in [4.69, 9.17) is 16.3 Å². The average molecular weight is 464 g/mol. The molecule has 0 unspecified atom stereocenters. The molecule has 0 spiro atoms. The lowest BCUT2D eigenvalue weighted by Crippen LogP contribution is -2.43. The van der Waals surface area contributed by atoms with E-state index in [0.29, 0.717) is 40.6 Å². The van der Waals surface area contributed by atoms with E-state index in [1.54, 1.807) is 31.2 Å². The van der Waals surface area contributed by atoms with Gasteiger partial charge in [-0.15, -0.1) is 0 Å². The smallest absolute Gasteiger partial charge is 0.262 e. The van der Waals surface area contributed by atoms with E-state index in [2.05, 4.69) is 10.6 Å². The third-order valence-corrected chi connectivity index (χ3v) is 7.73. The molecule has 2 amide bonds. The summed E-state index contributed by atoms with van der Waals surface area (Å²) >= 11 is 5.97. The van der Waals surface area contributed by atoms with Crippen LogP contribution in [-0.2, 0) is 19.6 Å². The Labute approximate surface area is 185 Å². The monoisotopic (exact) mass is 463 g/mol. The molecule has 0 aliphatic carbocycles. The van der Waals surface area contributed by atoms with E-state index >= 15 is 0 Å². The molecule has 0 aromatic heterocycles. The highest BCUT2D eigenvalue weighted by Crippen LogP contribution is 2.36. The van der Waals surface area contributed by atoms with Gasteiger partial charge in [0.25, 0.3) is 5.91 Å². The highest BCUT2D eigenvalue weighted by Gasteiger charge is 2.40. The summed E-state index contributed by atoms with van der Waals surface area (Å²) < 4.78 is 33.6. The van der Waals surface area contributed by atoms with Crippen molar-refractivity contribution in [3.63, 3.8) is 0 Å². The standard InChI is InChI=1S/C21H22ClN3O5S/c1-12-8-14(22)5-6-15(12)24-21(27)17-4-3-7-25(17)31(28,29)19-10-18-16(9-13(19)2)23-20(26)11-30-18/h5-6,8-10,17H,3-4,7,11H2,1-2H3,(H,23,26)(H,24,27)/t17-/m1/s1. The second-order valence-corrected chi connectivity index (χ2v) is 9.97. The summed E-state index contributed by atoms with van der Waals surface area (Å²) in [6.45, 7) is 3.54. The van der Waals surface area contributed by atoms with Crippen LogP contribution in [0.3, 0.4) is 0 Å². The first-order valence-electron chi connectivity index (χ1n) is 9.83. The molecule has 2 aliphatic heterocycles. The predicted octanol–water partition coefficient (Wildman–Crippen LogP) is 3.08. The number of anilines is 2. The number of nitrogens with zero attached hydrogens (tertiary/aromatic N) is 1. The Morgan fingerprint density at radius 1 is 1.23 bits per heavy atom. The minimum atomic E-state index is -3.96. The van der Waals surface area contributed by atoms with Crippen LogP contribution in [0.4, 0.5) is 11.4 Å². The molecular weight excluding hydrogens is 442 g/mol. The average Bonchev–Trinajstić information content (AvgIpc) is 3.20. The normalized spacial score (nSPS) is 18.8. The third kappa shape index (κ3) is 4.13. The lowest BCUT2D eigenvalue weighted by Gasteiger charge is -2.26. The van der Waals surface area contributed by atoms with Crippen molar-refractivity contribution >= 4 is 44.8 Å².